The molecule has 180 valence electrons. The van der Waals surface area contributed by atoms with Gasteiger partial charge in [0, 0.05) is 38.3 Å². The highest BCUT2D eigenvalue weighted by atomic mass is 19.1. The van der Waals surface area contributed by atoms with E-state index in [0.29, 0.717) is 50.5 Å². The number of rotatable bonds is 4. The smallest absolute Gasteiger partial charge is 0.325 e. The van der Waals surface area contributed by atoms with Crippen LogP contribution in [-0.2, 0) is 16.1 Å². The number of benzene rings is 1. The monoisotopic (exact) mass is 458 g/mol. The molecule has 4 rings (SSSR count). The van der Waals surface area contributed by atoms with E-state index in [-0.39, 0.29) is 29.6 Å². The highest BCUT2D eigenvalue weighted by Crippen LogP contribution is 2.46. The van der Waals surface area contributed by atoms with Gasteiger partial charge in [0.25, 0.3) is 5.91 Å². The minimum Gasteiger partial charge on any atom is -0.340 e. The predicted molar refractivity (Wildman–Crippen MR) is 123 cm³/mol. The predicted octanol–water partition coefficient (Wildman–Crippen LogP) is 3.00. The molecule has 4 amide bonds. The largest absolute Gasteiger partial charge is 0.340 e. The molecule has 1 aromatic carbocycles. The van der Waals surface area contributed by atoms with Crippen LogP contribution in [0.15, 0.2) is 24.3 Å². The molecular formula is C25H35FN4O3. The average Bonchev–Trinajstić information content (AvgIpc) is 2.89. The van der Waals surface area contributed by atoms with Crippen LogP contribution in [0.5, 0.6) is 0 Å². The van der Waals surface area contributed by atoms with Crippen molar-refractivity contribution in [3.8, 4) is 0 Å². The van der Waals surface area contributed by atoms with E-state index in [2.05, 4.69) is 31.0 Å². The first-order chi connectivity index (χ1) is 15.6. The van der Waals surface area contributed by atoms with Gasteiger partial charge in [-0.3, -0.25) is 19.4 Å². The SMILES string of the molecule is CC1CC(C)(C)CC2(C1)NC(=O)N(CC(=O)N1CCCN(Cc3ccccc3F)CC1)C2=O. The molecule has 0 aromatic heterocycles. The van der Waals surface area contributed by atoms with Gasteiger partial charge in [-0.2, -0.15) is 0 Å². The number of halogens is 1. The summed E-state index contributed by atoms with van der Waals surface area (Å²) in [6, 6.07) is 6.28. The van der Waals surface area contributed by atoms with Gasteiger partial charge in [0.1, 0.15) is 17.9 Å². The minimum absolute atomic E-state index is 0.0485. The van der Waals surface area contributed by atoms with Gasteiger partial charge >= 0.3 is 6.03 Å². The van der Waals surface area contributed by atoms with Crippen molar-refractivity contribution in [2.24, 2.45) is 11.3 Å². The highest BCUT2D eigenvalue weighted by Gasteiger charge is 2.56. The molecular weight excluding hydrogens is 423 g/mol. The third-order valence-electron chi connectivity index (χ3n) is 7.21. The van der Waals surface area contributed by atoms with Gasteiger partial charge in [0.05, 0.1) is 0 Å². The number of hydrogen-bond acceptors (Lipinski definition) is 4. The summed E-state index contributed by atoms with van der Waals surface area (Å²) >= 11 is 0. The van der Waals surface area contributed by atoms with Crippen molar-refractivity contribution >= 4 is 17.8 Å². The quantitative estimate of drug-likeness (QED) is 0.704. The summed E-state index contributed by atoms with van der Waals surface area (Å²) in [6.07, 6.45) is 2.97. The first kappa shape index (κ1) is 23.7. The molecule has 3 aliphatic rings. The number of carbonyl (C=O) groups excluding carboxylic acids is 3. The summed E-state index contributed by atoms with van der Waals surface area (Å²) in [5.41, 5.74) is -0.299. The molecule has 2 aliphatic heterocycles. The van der Waals surface area contributed by atoms with E-state index in [1.54, 1.807) is 17.0 Å². The lowest BCUT2D eigenvalue weighted by molar-refractivity contribution is -0.140. The summed E-state index contributed by atoms with van der Waals surface area (Å²) in [7, 11) is 0. The van der Waals surface area contributed by atoms with E-state index in [1.807, 2.05) is 6.07 Å². The molecule has 7 nitrogen and oxygen atoms in total. The van der Waals surface area contributed by atoms with Crippen molar-refractivity contribution in [2.75, 3.05) is 32.7 Å². The maximum absolute atomic E-state index is 14.0. The van der Waals surface area contributed by atoms with Crippen LogP contribution >= 0.6 is 0 Å². The number of amides is 4. The minimum atomic E-state index is -0.895. The number of nitrogens with one attached hydrogen (secondary N) is 1. The van der Waals surface area contributed by atoms with Gasteiger partial charge in [-0.25, -0.2) is 9.18 Å². The Morgan fingerprint density at radius 1 is 1.12 bits per heavy atom. The molecule has 1 spiro atoms. The summed E-state index contributed by atoms with van der Waals surface area (Å²) < 4.78 is 14.0. The van der Waals surface area contributed by atoms with Crippen LogP contribution in [0.2, 0.25) is 0 Å². The molecule has 1 saturated carbocycles. The molecule has 2 heterocycles. The third kappa shape index (κ3) is 5.05. The Bertz CT molecular complexity index is 936. The number of urea groups is 1. The molecule has 8 heteroatoms. The molecule has 1 aliphatic carbocycles. The summed E-state index contributed by atoms with van der Waals surface area (Å²) in [4.78, 5) is 44.1. The Morgan fingerprint density at radius 3 is 2.61 bits per heavy atom. The van der Waals surface area contributed by atoms with Crippen LogP contribution < -0.4 is 5.32 Å². The van der Waals surface area contributed by atoms with Gasteiger partial charge in [0.2, 0.25) is 5.91 Å². The number of imide groups is 1. The molecule has 2 saturated heterocycles. The topological polar surface area (TPSA) is 73.0 Å². The van der Waals surface area contributed by atoms with E-state index in [9.17, 15) is 18.8 Å². The lowest BCUT2D eigenvalue weighted by Crippen LogP contribution is -2.54. The fourth-order valence-corrected chi connectivity index (χ4v) is 6.13. The molecule has 2 atom stereocenters. The summed E-state index contributed by atoms with van der Waals surface area (Å²) in [5.74, 6) is -0.384. The van der Waals surface area contributed by atoms with Crippen LogP contribution in [0.3, 0.4) is 0 Å². The zero-order chi connectivity index (χ0) is 23.8. The van der Waals surface area contributed by atoms with Gasteiger partial charge in [-0.15, -0.1) is 0 Å². The number of nitrogens with zero attached hydrogens (tertiary/aromatic N) is 3. The Labute approximate surface area is 195 Å². The molecule has 0 radical (unpaired) electrons. The molecule has 2 unspecified atom stereocenters. The highest BCUT2D eigenvalue weighted by molar-refractivity contribution is 6.09. The number of hydrogen-bond donors (Lipinski definition) is 1. The zero-order valence-corrected chi connectivity index (χ0v) is 19.9. The van der Waals surface area contributed by atoms with E-state index >= 15 is 0 Å². The molecule has 3 fully saturated rings. The first-order valence-corrected chi connectivity index (χ1v) is 12.0. The van der Waals surface area contributed by atoms with Crippen molar-refractivity contribution in [1.82, 2.24) is 20.0 Å². The average molecular weight is 459 g/mol. The number of carbonyl (C=O) groups is 3. The van der Waals surface area contributed by atoms with Crippen molar-refractivity contribution < 1.29 is 18.8 Å². The fourth-order valence-electron chi connectivity index (χ4n) is 6.13. The maximum atomic E-state index is 14.0. The van der Waals surface area contributed by atoms with E-state index in [1.165, 1.54) is 6.07 Å². The van der Waals surface area contributed by atoms with E-state index in [4.69, 9.17) is 0 Å². The Kier molecular flexibility index (Phi) is 6.49. The van der Waals surface area contributed by atoms with Crippen molar-refractivity contribution in [2.45, 2.75) is 58.5 Å². The fraction of sp³-hybridized carbons (Fsp3) is 0.640. The van der Waals surface area contributed by atoms with Gasteiger partial charge in [-0.05, 0) is 43.1 Å². The van der Waals surface area contributed by atoms with Gasteiger partial charge < -0.3 is 10.2 Å². The zero-order valence-electron chi connectivity index (χ0n) is 19.9. The van der Waals surface area contributed by atoms with Gasteiger partial charge in [-0.1, -0.05) is 39.0 Å². The Morgan fingerprint density at radius 2 is 1.88 bits per heavy atom. The van der Waals surface area contributed by atoms with Crippen molar-refractivity contribution in [1.29, 1.82) is 0 Å². The lowest BCUT2D eigenvalue weighted by atomic mass is 9.64. The lowest BCUT2D eigenvalue weighted by Gasteiger charge is -2.43. The van der Waals surface area contributed by atoms with Crippen LogP contribution in [-0.4, -0.2) is 70.8 Å². The molecule has 33 heavy (non-hydrogen) atoms. The van der Waals surface area contributed by atoms with Crippen LogP contribution in [0, 0.1) is 17.2 Å². The Hall–Kier alpha value is -2.48. The second-order valence-electron chi connectivity index (χ2n) is 10.9. The second kappa shape index (κ2) is 9.05. The maximum Gasteiger partial charge on any atom is 0.325 e. The Balaban J connectivity index is 1.37. The molecule has 0 bridgehead atoms. The third-order valence-corrected chi connectivity index (χ3v) is 7.21. The second-order valence-corrected chi connectivity index (χ2v) is 10.9. The summed E-state index contributed by atoms with van der Waals surface area (Å²) in [6.45, 7) is 9.07. The molecule has 1 aromatic rings. The normalized spacial score (nSPS) is 28.2. The van der Waals surface area contributed by atoms with Crippen LogP contribution in [0.25, 0.3) is 0 Å². The van der Waals surface area contributed by atoms with Gasteiger partial charge in [0.15, 0.2) is 0 Å². The first-order valence-electron chi connectivity index (χ1n) is 12.0. The van der Waals surface area contributed by atoms with E-state index < -0.39 is 11.6 Å². The van der Waals surface area contributed by atoms with Crippen LogP contribution in [0.1, 0.15) is 52.0 Å². The van der Waals surface area contributed by atoms with Crippen molar-refractivity contribution in [3.63, 3.8) is 0 Å². The van der Waals surface area contributed by atoms with Crippen molar-refractivity contribution in [3.05, 3.63) is 35.6 Å². The van der Waals surface area contributed by atoms with Crippen LogP contribution in [0.4, 0.5) is 9.18 Å². The summed E-state index contributed by atoms with van der Waals surface area (Å²) in [5, 5.41) is 2.94. The molecule has 1 N–H and O–H groups in total. The van der Waals surface area contributed by atoms with E-state index in [0.717, 1.165) is 24.3 Å². The standard InChI is InChI=1S/C25H35FN4O3/c1-18-13-24(2,3)17-25(14-18)22(32)30(23(33)27-25)16-21(31)29-10-6-9-28(11-12-29)15-19-7-4-5-8-20(19)26/h4-5,7-8,18H,6,9-17H2,1-3H3,(H,27,33).